The van der Waals surface area contributed by atoms with Gasteiger partial charge in [0.2, 0.25) is 5.88 Å². The van der Waals surface area contributed by atoms with E-state index in [4.69, 9.17) is 9.47 Å². The topological polar surface area (TPSA) is 87.2 Å². The maximum Gasteiger partial charge on any atom is 0.321 e. The van der Waals surface area contributed by atoms with E-state index in [1.807, 2.05) is 13.0 Å². The van der Waals surface area contributed by atoms with Gasteiger partial charge in [-0.1, -0.05) is 20.8 Å². The zero-order chi connectivity index (χ0) is 26.6. The molecule has 1 aromatic carbocycles. The van der Waals surface area contributed by atoms with E-state index in [0.717, 1.165) is 35.3 Å². The van der Waals surface area contributed by atoms with Gasteiger partial charge in [-0.2, -0.15) is 4.98 Å². The monoisotopic (exact) mass is 514 g/mol. The molecule has 0 saturated carbocycles. The number of hydrogen-bond acceptors (Lipinski definition) is 6. The summed E-state index contributed by atoms with van der Waals surface area (Å²) in [5.41, 5.74) is 2.55. The Bertz CT molecular complexity index is 1100. The molecule has 4 rings (SSSR count). The molecule has 8 nitrogen and oxygen atoms in total. The van der Waals surface area contributed by atoms with Crippen molar-refractivity contribution in [3.63, 3.8) is 0 Å². The molecule has 3 heterocycles. The number of aryl methyl sites for hydroxylation is 1. The quantitative estimate of drug-likeness (QED) is 0.582. The van der Waals surface area contributed by atoms with Crippen LogP contribution < -0.4 is 15.0 Å². The number of nitrogens with zero attached hydrogens (tertiary/aromatic N) is 3. The standard InChI is InChI=1S/C28H39FN4O4/c1-19-14-23(29)24(30-27(35)33-7-5-6-21(18-33)28(2,3)4)17-22(19)20-15-25(32-8-11-36-12-9-32)31-26(16-20)37-13-10-34/h14-17,21,34H,5-13,18H2,1-4H3,(H,30,35). The molecule has 2 saturated heterocycles. The first-order valence-electron chi connectivity index (χ1n) is 13.1. The molecule has 0 spiro atoms. The van der Waals surface area contributed by atoms with Gasteiger partial charge < -0.3 is 29.7 Å². The summed E-state index contributed by atoms with van der Waals surface area (Å²) in [6.45, 7) is 12.4. The summed E-state index contributed by atoms with van der Waals surface area (Å²) in [5.74, 6) is 1.03. The lowest BCUT2D eigenvalue weighted by molar-refractivity contribution is 0.118. The third-order valence-corrected chi connectivity index (χ3v) is 7.26. The highest BCUT2D eigenvalue weighted by Crippen LogP contribution is 2.35. The van der Waals surface area contributed by atoms with Gasteiger partial charge in [0.25, 0.3) is 0 Å². The van der Waals surface area contributed by atoms with Crippen molar-refractivity contribution in [1.82, 2.24) is 9.88 Å². The summed E-state index contributed by atoms with van der Waals surface area (Å²) in [6.07, 6.45) is 2.03. The third kappa shape index (κ3) is 6.70. The van der Waals surface area contributed by atoms with Gasteiger partial charge >= 0.3 is 6.03 Å². The number of benzene rings is 1. The molecule has 0 aliphatic carbocycles. The van der Waals surface area contributed by atoms with E-state index in [-0.39, 0.29) is 30.3 Å². The maximum atomic E-state index is 15.0. The van der Waals surface area contributed by atoms with Gasteiger partial charge in [0.1, 0.15) is 18.2 Å². The van der Waals surface area contributed by atoms with Crippen molar-refractivity contribution in [3.05, 3.63) is 35.6 Å². The number of morpholine rings is 1. The fourth-order valence-electron chi connectivity index (χ4n) is 4.97. The summed E-state index contributed by atoms with van der Waals surface area (Å²) in [5, 5.41) is 12.1. The zero-order valence-electron chi connectivity index (χ0n) is 22.3. The lowest BCUT2D eigenvalue weighted by Crippen LogP contribution is -2.45. The second-order valence-electron chi connectivity index (χ2n) is 11.0. The number of urea groups is 1. The largest absolute Gasteiger partial charge is 0.475 e. The Labute approximate surface area is 218 Å². The molecule has 1 aromatic heterocycles. The number of aliphatic hydroxyl groups is 1. The van der Waals surface area contributed by atoms with E-state index in [9.17, 15) is 9.90 Å². The van der Waals surface area contributed by atoms with Gasteiger partial charge in [0.15, 0.2) is 0 Å². The minimum atomic E-state index is -0.474. The first-order valence-corrected chi connectivity index (χ1v) is 13.1. The van der Waals surface area contributed by atoms with Gasteiger partial charge in [0, 0.05) is 32.2 Å². The number of aromatic nitrogens is 1. The number of likely N-dealkylation sites (tertiary alicyclic amines) is 1. The van der Waals surface area contributed by atoms with Crippen LogP contribution in [-0.4, -0.2) is 73.6 Å². The SMILES string of the molecule is Cc1cc(F)c(NC(=O)N2CCCC(C(C)(C)C)C2)cc1-c1cc(OCCO)nc(N2CCOCC2)c1. The molecule has 9 heteroatoms. The molecule has 2 aliphatic rings. The number of anilines is 2. The van der Waals surface area contributed by atoms with Crippen molar-refractivity contribution in [2.75, 3.05) is 62.8 Å². The molecule has 1 atom stereocenters. The molecule has 2 fully saturated rings. The van der Waals surface area contributed by atoms with Crippen molar-refractivity contribution in [2.24, 2.45) is 11.3 Å². The summed E-state index contributed by atoms with van der Waals surface area (Å²) in [6, 6.07) is 6.58. The number of amides is 2. The smallest absolute Gasteiger partial charge is 0.321 e. The van der Waals surface area contributed by atoms with Crippen molar-refractivity contribution < 1.29 is 23.8 Å². The predicted octanol–water partition coefficient (Wildman–Crippen LogP) is 4.69. The first-order chi connectivity index (χ1) is 17.7. The predicted molar refractivity (Wildman–Crippen MR) is 143 cm³/mol. The van der Waals surface area contributed by atoms with Crippen LogP contribution >= 0.6 is 0 Å². The van der Waals surface area contributed by atoms with E-state index in [0.29, 0.717) is 51.2 Å². The highest BCUT2D eigenvalue weighted by molar-refractivity contribution is 5.91. The number of piperidine rings is 1. The lowest BCUT2D eigenvalue weighted by atomic mass is 9.76. The normalized spacial score (nSPS) is 18.6. The molecule has 0 bridgehead atoms. The molecular weight excluding hydrogens is 475 g/mol. The van der Waals surface area contributed by atoms with Crippen molar-refractivity contribution in [2.45, 2.75) is 40.5 Å². The lowest BCUT2D eigenvalue weighted by Gasteiger charge is -2.39. The third-order valence-electron chi connectivity index (χ3n) is 7.26. The molecule has 1 unspecified atom stereocenters. The van der Waals surface area contributed by atoms with Crippen LogP contribution in [0.15, 0.2) is 24.3 Å². The number of ether oxygens (including phenoxy) is 2. The summed E-state index contributed by atoms with van der Waals surface area (Å²) < 4.78 is 26.2. The van der Waals surface area contributed by atoms with Crippen LogP contribution in [0.4, 0.5) is 20.7 Å². The Hall–Kier alpha value is -2.91. The summed E-state index contributed by atoms with van der Waals surface area (Å²) >= 11 is 0. The summed E-state index contributed by atoms with van der Waals surface area (Å²) in [4.78, 5) is 21.7. The number of pyridine rings is 1. The minimum Gasteiger partial charge on any atom is -0.475 e. The second kappa shape index (κ2) is 11.6. The van der Waals surface area contributed by atoms with E-state index >= 15 is 4.39 Å². The van der Waals surface area contributed by atoms with Crippen molar-refractivity contribution >= 4 is 17.5 Å². The van der Waals surface area contributed by atoms with E-state index in [2.05, 4.69) is 36.0 Å². The fourth-order valence-corrected chi connectivity index (χ4v) is 4.97. The van der Waals surface area contributed by atoms with Gasteiger partial charge in [-0.3, -0.25) is 0 Å². The average molecular weight is 515 g/mol. The van der Waals surface area contributed by atoms with Crippen LogP contribution in [0.5, 0.6) is 5.88 Å². The maximum absolute atomic E-state index is 15.0. The highest BCUT2D eigenvalue weighted by atomic mass is 19.1. The molecule has 2 aromatic rings. The molecule has 2 aliphatic heterocycles. The van der Waals surface area contributed by atoms with Crippen LogP contribution in [0.3, 0.4) is 0 Å². The number of halogens is 1. The summed E-state index contributed by atoms with van der Waals surface area (Å²) in [7, 11) is 0. The zero-order valence-corrected chi connectivity index (χ0v) is 22.3. The molecular formula is C28H39FN4O4. The van der Waals surface area contributed by atoms with E-state index in [1.54, 1.807) is 17.0 Å². The number of rotatable bonds is 6. The van der Waals surface area contributed by atoms with Gasteiger partial charge in [0.05, 0.1) is 25.5 Å². The van der Waals surface area contributed by atoms with Crippen LogP contribution in [0, 0.1) is 24.1 Å². The second-order valence-corrected chi connectivity index (χ2v) is 11.0. The van der Waals surface area contributed by atoms with Crippen LogP contribution in [0.1, 0.15) is 39.2 Å². The molecule has 2 N–H and O–H groups in total. The Balaban J connectivity index is 1.62. The fraction of sp³-hybridized carbons (Fsp3) is 0.571. The number of carbonyl (C=O) groups is 1. The van der Waals surface area contributed by atoms with Crippen LogP contribution in [0.25, 0.3) is 11.1 Å². The molecule has 0 radical (unpaired) electrons. The molecule has 2 amide bonds. The number of nitrogens with one attached hydrogen (secondary N) is 1. The molecule has 37 heavy (non-hydrogen) atoms. The van der Waals surface area contributed by atoms with Crippen molar-refractivity contribution in [1.29, 1.82) is 0 Å². The minimum absolute atomic E-state index is 0.108. The Morgan fingerprint density at radius 1 is 1.22 bits per heavy atom. The van der Waals surface area contributed by atoms with Gasteiger partial charge in [-0.25, -0.2) is 9.18 Å². The van der Waals surface area contributed by atoms with E-state index in [1.165, 1.54) is 6.07 Å². The Morgan fingerprint density at radius 2 is 1.97 bits per heavy atom. The van der Waals surface area contributed by atoms with Gasteiger partial charge in [-0.05, 0) is 66.0 Å². The molecule has 202 valence electrons. The number of hydrogen-bond donors (Lipinski definition) is 2. The average Bonchev–Trinajstić information content (AvgIpc) is 2.89. The van der Waals surface area contributed by atoms with Crippen molar-refractivity contribution in [3.8, 4) is 17.0 Å². The Kier molecular flexibility index (Phi) is 8.54. The Morgan fingerprint density at radius 3 is 2.68 bits per heavy atom. The first kappa shape index (κ1) is 27.1. The van der Waals surface area contributed by atoms with Gasteiger partial charge in [-0.15, -0.1) is 0 Å². The highest BCUT2D eigenvalue weighted by Gasteiger charge is 2.31. The number of carbonyl (C=O) groups excluding carboxylic acids is 1. The van der Waals surface area contributed by atoms with Crippen LogP contribution in [-0.2, 0) is 4.74 Å². The number of aliphatic hydroxyl groups excluding tert-OH is 1. The van der Waals surface area contributed by atoms with Crippen LogP contribution in [0.2, 0.25) is 0 Å². The van der Waals surface area contributed by atoms with E-state index < -0.39 is 5.82 Å².